The summed E-state index contributed by atoms with van der Waals surface area (Å²) in [6.45, 7) is -0.466. The van der Waals surface area contributed by atoms with Gasteiger partial charge >= 0.3 is 17.5 Å². The van der Waals surface area contributed by atoms with Crippen molar-refractivity contribution in [1.82, 2.24) is 4.90 Å². The molecule has 2 N–H and O–H groups in total. The molecule has 31 heavy (non-hydrogen) atoms. The van der Waals surface area contributed by atoms with Crippen LogP contribution in [0.15, 0.2) is 60.7 Å². The van der Waals surface area contributed by atoms with E-state index in [-0.39, 0.29) is 19.8 Å². The van der Waals surface area contributed by atoms with Crippen LogP contribution < -0.4 is 5.73 Å². The van der Waals surface area contributed by atoms with Crippen molar-refractivity contribution in [2.45, 2.75) is 29.7 Å². The lowest BCUT2D eigenvalue weighted by Crippen LogP contribution is -2.76. The third-order valence-electron chi connectivity index (χ3n) is 5.45. The Kier molecular flexibility index (Phi) is 6.63. The van der Waals surface area contributed by atoms with Gasteiger partial charge in [-0.25, -0.2) is 9.59 Å². The van der Waals surface area contributed by atoms with Crippen LogP contribution in [0, 0.1) is 10.1 Å². The smallest absolute Gasteiger partial charge is 0.390 e. The number of rotatable bonds is 7. The first-order chi connectivity index (χ1) is 14.7. The second-order valence-corrected chi connectivity index (χ2v) is 7.93. The zero-order chi connectivity index (χ0) is 22.6. The first kappa shape index (κ1) is 22.7. The van der Waals surface area contributed by atoms with Gasteiger partial charge in [-0.15, -0.1) is 0 Å². The predicted octanol–water partition coefficient (Wildman–Crippen LogP) is 1.39. The van der Waals surface area contributed by atoms with Crippen molar-refractivity contribution in [1.29, 1.82) is 0 Å². The highest BCUT2D eigenvalue weighted by Gasteiger charge is 2.80. The number of esters is 2. The van der Waals surface area contributed by atoms with Crippen LogP contribution >= 0.6 is 12.6 Å². The molecular formula is C21H23N3O6S. The summed E-state index contributed by atoms with van der Waals surface area (Å²) in [4.78, 5) is 38.8. The quantitative estimate of drug-likeness (QED) is 0.283. The highest BCUT2D eigenvalue weighted by molar-refractivity contribution is 7.81. The Morgan fingerprint density at radius 3 is 1.97 bits per heavy atom. The summed E-state index contributed by atoms with van der Waals surface area (Å²) in [5.74, 6) is -2.35. The molecule has 1 fully saturated rings. The average Bonchev–Trinajstić information content (AvgIpc) is 2.98. The monoisotopic (exact) mass is 445 g/mol. The predicted molar refractivity (Wildman–Crippen MR) is 115 cm³/mol. The molecule has 10 heteroatoms. The van der Waals surface area contributed by atoms with Crippen LogP contribution in [0.1, 0.15) is 11.1 Å². The SMILES string of the molecule is CN1CC(S)C(C(=O)OCc2ccccc2)([N+](=O)[O-])C1(N)C(=O)OCc1ccccc1. The number of benzene rings is 2. The number of nitrogens with two attached hydrogens (primary N) is 1. The maximum absolute atomic E-state index is 13.1. The minimum atomic E-state index is -2.66. The molecule has 0 spiro atoms. The Labute approximate surface area is 184 Å². The summed E-state index contributed by atoms with van der Waals surface area (Å²) in [5, 5.41) is 11.1. The zero-order valence-corrected chi connectivity index (χ0v) is 17.7. The number of ether oxygens (including phenoxy) is 2. The van der Waals surface area contributed by atoms with Crippen LogP contribution in [0.5, 0.6) is 0 Å². The van der Waals surface area contributed by atoms with Gasteiger partial charge in [0, 0.05) is 11.5 Å². The fraction of sp³-hybridized carbons (Fsp3) is 0.333. The van der Waals surface area contributed by atoms with E-state index in [1.807, 2.05) is 0 Å². The summed E-state index contributed by atoms with van der Waals surface area (Å²) in [6.07, 6.45) is 0. The molecule has 0 aliphatic carbocycles. The number of carbonyl (C=O) groups excluding carboxylic acids is 2. The van der Waals surface area contributed by atoms with Crippen LogP contribution in [0.2, 0.25) is 0 Å². The van der Waals surface area contributed by atoms with Gasteiger partial charge in [0.2, 0.25) is 0 Å². The molecule has 3 rings (SSSR count). The Bertz CT molecular complexity index is 960. The van der Waals surface area contributed by atoms with Gasteiger partial charge in [-0.3, -0.25) is 20.7 Å². The van der Waals surface area contributed by atoms with E-state index in [1.54, 1.807) is 60.7 Å². The van der Waals surface area contributed by atoms with Gasteiger partial charge in [-0.2, -0.15) is 12.6 Å². The number of hydrogen-bond acceptors (Lipinski definition) is 9. The number of carbonyl (C=O) groups is 2. The summed E-state index contributed by atoms with van der Waals surface area (Å²) in [6, 6.07) is 17.4. The molecule has 2 aromatic rings. The molecule has 9 nitrogen and oxygen atoms in total. The minimum Gasteiger partial charge on any atom is -0.458 e. The molecule has 0 bridgehead atoms. The second kappa shape index (κ2) is 9.04. The Hall–Kier alpha value is -2.95. The molecule has 1 aliphatic rings. The zero-order valence-electron chi connectivity index (χ0n) is 16.8. The van der Waals surface area contributed by atoms with Crippen molar-refractivity contribution in [2.24, 2.45) is 5.73 Å². The van der Waals surface area contributed by atoms with E-state index in [0.29, 0.717) is 11.1 Å². The summed E-state index contributed by atoms with van der Waals surface area (Å²) in [5.41, 5.74) is 2.54. The number of likely N-dealkylation sites (N-methyl/N-ethyl adjacent to an activating group) is 1. The van der Waals surface area contributed by atoms with Crippen molar-refractivity contribution < 1.29 is 24.0 Å². The number of hydrogen-bond donors (Lipinski definition) is 2. The van der Waals surface area contributed by atoms with Crippen LogP contribution in [0.25, 0.3) is 0 Å². The summed E-state index contributed by atoms with van der Waals surface area (Å²) in [7, 11) is 1.41. The van der Waals surface area contributed by atoms with Crippen molar-refractivity contribution in [3.63, 3.8) is 0 Å². The maximum atomic E-state index is 13.1. The Balaban J connectivity index is 1.90. The second-order valence-electron chi connectivity index (χ2n) is 7.31. The first-order valence-electron chi connectivity index (χ1n) is 9.49. The molecule has 0 saturated carbocycles. The van der Waals surface area contributed by atoms with Crippen molar-refractivity contribution >= 4 is 24.6 Å². The molecule has 0 aromatic heterocycles. The molecular weight excluding hydrogens is 422 g/mol. The fourth-order valence-electron chi connectivity index (χ4n) is 3.69. The molecule has 3 unspecified atom stereocenters. The third-order valence-corrected chi connectivity index (χ3v) is 5.99. The van der Waals surface area contributed by atoms with Crippen LogP contribution in [-0.4, -0.2) is 51.8 Å². The third kappa shape index (κ3) is 3.89. The van der Waals surface area contributed by atoms with Gasteiger partial charge < -0.3 is 9.47 Å². The van der Waals surface area contributed by atoms with Gasteiger partial charge in [-0.1, -0.05) is 60.7 Å². The van der Waals surface area contributed by atoms with E-state index in [4.69, 9.17) is 15.2 Å². The summed E-state index contributed by atoms with van der Waals surface area (Å²) < 4.78 is 10.6. The largest absolute Gasteiger partial charge is 0.458 e. The van der Waals surface area contributed by atoms with Crippen molar-refractivity contribution in [3.05, 3.63) is 81.9 Å². The van der Waals surface area contributed by atoms with Gasteiger partial charge in [0.15, 0.2) is 0 Å². The lowest BCUT2D eigenvalue weighted by Gasteiger charge is -2.36. The minimum absolute atomic E-state index is 0.0958. The van der Waals surface area contributed by atoms with Gasteiger partial charge in [0.25, 0.3) is 5.66 Å². The standard InChI is InChI=1S/C21H23N3O6S/c1-23-12-17(31)20(24(27)28,18(25)29-13-15-8-4-2-5-9-15)21(23,22)19(26)30-14-16-10-6-3-7-11-16/h2-11,17,31H,12-14,22H2,1H3. The van der Waals surface area contributed by atoms with E-state index in [9.17, 15) is 19.7 Å². The molecule has 0 radical (unpaired) electrons. The van der Waals surface area contributed by atoms with Gasteiger partial charge in [-0.05, 0) is 18.2 Å². The van der Waals surface area contributed by atoms with Crippen LogP contribution in [0.4, 0.5) is 0 Å². The lowest BCUT2D eigenvalue weighted by molar-refractivity contribution is -0.562. The highest BCUT2D eigenvalue weighted by Crippen LogP contribution is 2.42. The van der Waals surface area contributed by atoms with E-state index in [0.717, 1.165) is 0 Å². The van der Waals surface area contributed by atoms with E-state index in [2.05, 4.69) is 12.6 Å². The Morgan fingerprint density at radius 2 is 1.52 bits per heavy atom. The van der Waals surface area contributed by atoms with Crippen molar-refractivity contribution in [3.8, 4) is 0 Å². The average molecular weight is 445 g/mol. The molecule has 1 heterocycles. The van der Waals surface area contributed by atoms with Crippen LogP contribution in [0.3, 0.4) is 0 Å². The first-order valence-corrected chi connectivity index (χ1v) is 10.0. The van der Waals surface area contributed by atoms with Gasteiger partial charge in [0.05, 0.1) is 0 Å². The molecule has 1 aliphatic heterocycles. The van der Waals surface area contributed by atoms with E-state index < -0.39 is 33.3 Å². The molecule has 1 saturated heterocycles. The van der Waals surface area contributed by atoms with E-state index in [1.165, 1.54) is 11.9 Å². The van der Waals surface area contributed by atoms with E-state index >= 15 is 0 Å². The number of nitro groups is 1. The maximum Gasteiger partial charge on any atom is 0.390 e. The lowest BCUT2D eigenvalue weighted by atomic mass is 9.84. The molecule has 164 valence electrons. The van der Waals surface area contributed by atoms with Crippen LogP contribution in [-0.2, 0) is 32.3 Å². The summed E-state index contributed by atoms with van der Waals surface area (Å²) >= 11 is 4.27. The normalized spacial score (nSPS) is 25.7. The van der Waals surface area contributed by atoms with Gasteiger partial charge in [0.1, 0.15) is 18.5 Å². The number of nitrogens with zero attached hydrogens (tertiary/aromatic N) is 2. The fourth-order valence-corrected chi connectivity index (χ4v) is 4.33. The number of thiol groups is 1. The number of likely N-dealkylation sites (tertiary alicyclic amines) is 1. The highest BCUT2D eigenvalue weighted by atomic mass is 32.1. The Morgan fingerprint density at radius 1 is 1.06 bits per heavy atom. The topological polar surface area (TPSA) is 125 Å². The van der Waals surface area contributed by atoms with Crippen molar-refractivity contribution in [2.75, 3.05) is 13.6 Å². The molecule has 2 aromatic carbocycles. The molecule has 0 amide bonds. The molecule has 3 atom stereocenters.